The van der Waals surface area contributed by atoms with E-state index in [1.165, 1.54) is 32.4 Å². The van der Waals surface area contributed by atoms with Crippen LogP contribution in [0.25, 0.3) is 0 Å². The van der Waals surface area contributed by atoms with Crippen LogP contribution in [0.2, 0.25) is 0 Å². The van der Waals surface area contributed by atoms with Crippen LogP contribution < -0.4 is 0 Å². The van der Waals surface area contributed by atoms with E-state index in [-0.39, 0.29) is 5.34 Å². The third kappa shape index (κ3) is 6.66. The van der Waals surface area contributed by atoms with Gasteiger partial charge in [-0.2, -0.15) is 0 Å². The molecule has 0 spiro atoms. The lowest BCUT2D eigenvalue weighted by Crippen LogP contribution is -2.24. The van der Waals surface area contributed by atoms with Gasteiger partial charge in [-0.25, -0.2) is 0 Å². The fourth-order valence-corrected chi connectivity index (χ4v) is 1.05. The summed E-state index contributed by atoms with van der Waals surface area (Å²) in [6.45, 7) is 2.64. The lowest BCUT2D eigenvalue weighted by molar-refractivity contribution is 0.277. The van der Waals surface area contributed by atoms with Crippen LogP contribution in [0.1, 0.15) is 19.3 Å². The van der Waals surface area contributed by atoms with Crippen molar-refractivity contribution in [3.63, 3.8) is 0 Å². The second kappa shape index (κ2) is 7.64. The normalized spacial score (nSPS) is 19.5. The van der Waals surface area contributed by atoms with Crippen molar-refractivity contribution in [1.29, 1.82) is 0 Å². The van der Waals surface area contributed by atoms with Gasteiger partial charge in [0.05, 0.1) is 5.34 Å². The Morgan fingerprint density at radius 3 is 1.70 bits per heavy atom. The van der Waals surface area contributed by atoms with Gasteiger partial charge in [-0.1, -0.05) is 6.42 Å². The molecule has 0 aromatic rings. The number of likely N-dealkylation sites (tertiary alicyclic amines) is 1. The lowest BCUT2D eigenvalue weighted by atomic mass is 10.1. The van der Waals surface area contributed by atoms with Crippen molar-refractivity contribution in [2.24, 2.45) is 0 Å². The van der Waals surface area contributed by atoms with Crippen molar-refractivity contribution in [2.75, 3.05) is 25.5 Å². The molecule has 1 rings (SSSR count). The molecule has 1 heterocycles. The first-order chi connectivity index (χ1) is 4.81. The minimum absolute atomic E-state index is 0.194. The third-order valence-electron chi connectivity index (χ3n) is 1.58. The molecule has 62 valence electrons. The van der Waals surface area contributed by atoms with Crippen LogP contribution >= 0.6 is 23.2 Å². The monoisotopic (exact) mass is 183 g/mol. The van der Waals surface area contributed by atoms with E-state index in [1.54, 1.807) is 0 Å². The van der Waals surface area contributed by atoms with Gasteiger partial charge in [0.15, 0.2) is 0 Å². The lowest BCUT2D eigenvalue weighted by Gasteiger charge is -2.20. The number of alkyl halides is 2. The van der Waals surface area contributed by atoms with Crippen LogP contribution in [0.4, 0.5) is 0 Å². The summed E-state index contributed by atoms with van der Waals surface area (Å²) in [4.78, 5) is 2.39. The van der Waals surface area contributed by atoms with Gasteiger partial charge in [-0.15, -0.1) is 23.2 Å². The molecule has 0 amide bonds. The Balaban J connectivity index is 0.000000236. The predicted octanol–water partition coefficient (Wildman–Crippen LogP) is 2.52. The van der Waals surface area contributed by atoms with E-state index in [2.05, 4.69) is 11.9 Å². The molecule has 1 nitrogen and oxygen atoms in total. The maximum atomic E-state index is 4.76. The standard InChI is InChI=1S/C6H13N.CH2Cl2/c1-7-5-3-2-4-6-7;2-1-3/h2-6H2,1H3;1H2. The Morgan fingerprint density at radius 2 is 1.50 bits per heavy atom. The number of rotatable bonds is 0. The number of nitrogens with zero attached hydrogens (tertiary/aromatic N) is 1. The van der Waals surface area contributed by atoms with Crippen LogP contribution in [0.3, 0.4) is 0 Å². The number of halogens is 2. The minimum atomic E-state index is 0.194. The zero-order chi connectivity index (χ0) is 7.82. The van der Waals surface area contributed by atoms with Crippen LogP contribution in [0.15, 0.2) is 0 Å². The van der Waals surface area contributed by atoms with Gasteiger partial charge in [0, 0.05) is 0 Å². The third-order valence-corrected chi connectivity index (χ3v) is 1.58. The molecule has 0 N–H and O–H groups in total. The average Bonchev–Trinajstić information content (AvgIpc) is 1.91. The molecule has 0 atom stereocenters. The molecule has 1 aliphatic rings. The summed E-state index contributed by atoms with van der Waals surface area (Å²) in [6, 6.07) is 0. The molecule has 0 bridgehead atoms. The second-order valence-electron chi connectivity index (χ2n) is 2.46. The summed E-state index contributed by atoms with van der Waals surface area (Å²) in [5, 5.41) is 0.194. The van der Waals surface area contributed by atoms with E-state index in [0.717, 1.165) is 0 Å². The highest BCUT2D eigenvalue weighted by Gasteiger charge is 2.02. The topological polar surface area (TPSA) is 3.24 Å². The van der Waals surface area contributed by atoms with Crippen molar-refractivity contribution >= 4 is 23.2 Å². The summed E-state index contributed by atoms with van der Waals surface area (Å²) in [7, 11) is 2.19. The molecular weight excluding hydrogens is 169 g/mol. The largest absolute Gasteiger partial charge is 0.306 e. The Hall–Kier alpha value is 0.540. The van der Waals surface area contributed by atoms with Crippen LogP contribution in [0, 0.1) is 0 Å². The Bertz CT molecular complexity index is 62.6. The summed E-state index contributed by atoms with van der Waals surface area (Å²) in [5.74, 6) is 0. The van der Waals surface area contributed by atoms with Gasteiger partial charge < -0.3 is 4.90 Å². The molecule has 0 aromatic carbocycles. The molecule has 0 saturated carbocycles. The van der Waals surface area contributed by atoms with E-state index < -0.39 is 0 Å². The molecule has 10 heavy (non-hydrogen) atoms. The van der Waals surface area contributed by atoms with Gasteiger partial charge >= 0.3 is 0 Å². The summed E-state index contributed by atoms with van der Waals surface area (Å²) >= 11 is 9.53. The summed E-state index contributed by atoms with van der Waals surface area (Å²) in [5.41, 5.74) is 0. The van der Waals surface area contributed by atoms with Crippen molar-refractivity contribution in [1.82, 2.24) is 4.90 Å². The molecule has 0 aromatic heterocycles. The van der Waals surface area contributed by atoms with Crippen LogP contribution in [-0.2, 0) is 0 Å². The SMILES string of the molecule is CN1CCCCC1.ClCCl. The highest BCUT2D eigenvalue weighted by molar-refractivity contribution is 6.40. The van der Waals surface area contributed by atoms with Crippen molar-refractivity contribution in [2.45, 2.75) is 19.3 Å². The summed E-state index contributed by atoms with van der Waals surface area (Å²) in [6.07, 6.45) is 4.28. The predicted molar refractivity (Wildman–Crippen MR) is 47.9 cm³/mol. The maximum Gasteiger partial charge on any atom is 0.0967 e. The molecular formula is C7H15Cl2N. The quantitative estimate of drug-likeness (QED) is 0.523. The van der Waals surface area contributed by atoms with Crippen molar-refractivity contribution < 1.29 is 0 Å². The summed E-state index contributed by atoms with van der Waals surface area (Å²) < 4.78 is 0. The number of piperidine rings is 1. The molecule has 1 aliphatic heterocycles. The van der Waals surface area contributed by atoms with Crippen LogP contribution in [0.5, 0.6) is 0 Å². The van der Waals surface area contributed by atoms with Gasteiger partial charge in [0.25, 0.3) is 0 Å². The van der Waals surface area contributed by atoms with E-state index in [4.69, 9.17) is 23.2 Å². The Morgan fingerprint density at radius 1 is 1.10 bits per heavy atom. The molecule has 0 aliphatic carbocycles. The fourth-order valence-electron chi connectivity index (χ4n) is 1.05. The van der Waals surface area contributed by atoms with E-state index in [0.29, 0.717) is 0 Å². The average molecular weight is 184 g/mol. The van der Waals surface area contributed by atoms with E-state index in [1.807, 2.05) is 0 Å². The minimum Gasteiger partial charge on any atom is -0.306 e. The van der Waals surface area contributed by atoms with E-state index in [9.17, 15) is 0 Å². The van der Waals surface area contributed by atoms with Gasteiger partial charge in [0.1, 0.15) is 0 Å². The molecule has 3 heteroatoms. The van der Waals surface area contributed by atoms with Crippen molar-refractivity contribution in [3.8, 4) is 0 Å². The Kier molecular flexibility index (Phi) is 8.06. The highest BCUT2D eigenvalue weighted by atomic mass is 35.5. The smallest absolute Gasteiger partial charge is 0.0967 e. The first kappa shape index (κ1) is 10.5. The van der Waals surface area contributed by atoms with E-state index >= 15 is 0 Å². The molecule has 1 saturated heterocycles. The number of hydrogen-bond acceptors (Lipinski definition) is 1. The van der Waals surface area contributed by atoms with Crippen molar-refractivity contribution in [3.05, 3.63) is 0 Å². The number of hydrogen-bond donors (Lipinski definition) is 0. The first-order valence-electron chi connectivity index (χ1n) is 3.61. The second-order valence-corrected chi connectivity index (χ2v) is 3.27. The fraction of sp³-hybridized carbons (Fsp3) is 1.00. The van der Waals surface area contributed by atoms with Gasteiger partial charge in [0.2, 0.25) is 0 Å². The first-order valence-corrected chi connectivity index (χ1v) is 4.68. The van der Waals surface area contributed by atoms with Crippen LogP contribution in [-0.4, -0.2) is 30.4 Å². The highest BCUT2D eigenvalue weighted by Crippen LogP contribution is 2.04. The zero-order valence-corrected chi connectivity index (χ0v) is 7.96. The maximum absolute atomic E-state index is 4.76. The molecule has 1 fully saturated rings. The Labute approximate surface area is 73.3 Å². The van der Waals surface area contributed by atoms with Gasteiger partial charge in [-0.05, 0) is 33.0 Å². The van der Waals surface area contributed by atoms with Gasteiger partial charge in [-0.3, -0.25) is 0 Å². The zero-order valence-electron chi connectivity index (χ0n) is 6.45. The molecule has 0 radical (unpaired) electrons. The molecule has 0 unspecified atom stereocenters.